The molecule has 0 aliphatic carbocycles. The van der Waals surface area contributed by atoms with Gasteiger partial charge in [0, 0.05) is 12.6 Å². The van der Waals surface area contributed by atoms with Crippen molar-refractivity contribution >= 4 is 5.91 Å². The van der Waals surface area contributed by atoms with Gasteiger partial charge in [-0.05, 0) is 20.4 Å². The molecular weight excluding hydrogens is 168 g/mol. The smallest absolute Gasteiger partial charge is 0.234 e. The number of aliphatic hydroxyl groups excluding tert-OH is 1. The molecule has 0 heterocycles. The van der Waals surface area contributed by atoms with Crippen molar-refractivity contribution in [2.75, 3.05) is 26.2 Å². The second-order valence-electron chi connectivity index (χ2n) is 3.23. The zero-order valence-electron chi connectivity index (χ0n) is 8.71. The highest BCUT2D eigenvalue weighted by molar-refractivity contribution is 5.77. The molecule has 1 amide bonds. The summed E-state index contributed by atoms with van der Waals surface area (Å²) in [5.74, 6) is -0.0235. The first-order valence-electron chi connectivity index (χ1n) is 4.73. The summed E-state index contributed by atoms with van der Waals surface area (Å²) < 4.78 is 0. The van der Waals surface area contributed by atoms with Crippen LogP contribution in [-0.2, 0) is 4.79 Å². The van der Waals surface area contributed by atoms with E-state index in [-0.39, 0.29) is 12.5 Å². The van der Waals surface area contributed by atoms with Crippen LogP contribution in [0.3, 0.4) is 0 Å². The molecule has 4 heteroatoms. The fourth-order valence-electron chi connectivity index (χ4n) is 1.10. The summed E-state index contributed by atoms with van der Waals surface area (Å²) in [7, 11) is 0. The molecule has 0 aliphatic heterocycles. The van der Waals surface area contributed by atoms with Gasteiger partial charge in [0.25, 0.3) is 0 Å². The zero-order chi connectivity index (χ0) is 10.3. The van der Waals surface area contributed by atoms with E-state index >= 15 is 0 Å². The van der Waals surface area contributed by atoms with E-state index in [0.717, 1.165) is 6.54 Å². The van der Waals surface area contributed by atoms with Crippen molar-refractivity contribution in [2.45, 2.75) is 26.8 Å². The van der Waals surface area contributed by atoms with Crippen molar-refractivity contribution in [1.82, 2.24) is 10.2 Å². The van der Waals surface area contributed by atoms with E-state index in [4.69, 9.17) is 5.11 Å². The molecule has 0 saturated carbocycles. The SMILES string of the molecule is CCN(CC(=O)NCCO)C(C)C. The summed E-state index contributed by atoms with van der Waals surface area (Å²) in [6, 6.07) is 0.380. The molecule has 0 aliphatic rings. The number of hydrogen-bond donors (Lipinski definition) is 2. The van der Waals surface area contributed by atoms with Gasteiger partial charge in [0.2, 0.25) is 5.91 Å². The second-order valence-corrected chi connectivity index (χ2v) is 3.23. The minimum atomic E-state index is -0.0235. The van der Waals surface area contributed by atoms with Crippen LogP contribution in [0.1, 0.15) is 20.8 Å². The second kappa shape index (κ2) is 6.86. The molecule has 78 valence electrons. The maximum absolute atomic E-state index is 11.2. The Bertz CT molecular complexity index is 149. The van der Waals surface area contributed by atoms with E-state index in [0.29, 0.717) is 19.1 Å². The summed E-state index contributed by atoms with van der Waals surface area (Å²) in [6.45, 7) is 7.76. The van der Waals surface area contributed by atoms with Gasteiger partial charge in [-0.2, -0.15) is 0 Å². The molecule has 0 atom stereocenters. The van der Waals surface area contributed by atoms with Crippen LogP contribution in [0.15, 0.2) is 0 Å². The van der Waals surface area contributed by atoms with Crippen LogP contribution >= 0.6 is 0 Å². The van der Waals surface area contributed by atoms with E-state index in [1.54, 1.807) is 0 Å². The number of likely N-dealkylation sites (N-methyl/N-ethyl adjacent to an activating group) is 1. The van der Waals surface area contributed by atoms with Gasteiger partial charge in [-0.1, -0.05) is 6.92 Å². The van der Waals surface area contributed by atoms with Crippen LogP contribution in [-0.4, -0.2) is 48.2 Å². The van der Waals surface area contributed by atoms with Crippen molar-refractivity contribution in [3.05, 3.63) is 0 Å². The molecular formula is C9H20N2O2. The largest absolute Gasteiger partial charge is 0.395 e. The van der Waals surface area contributed by atoms with Crippen LogP contribution < -0.4 is 5.32 Å². The molecule has 4 nitrogen and oxygen atoms in total. The van der Waals surface area contributed by atoms with E-state index in [1.165, 1.54) is 0 Å². The Kier molecular flexibility index (Phi) is 6.54. The molecule has 0 aromatic heterocycles. The Morgan fingerprint density at radius 2 is 2.15 bits per heavy atom. The number of hydrogen-bond acceptors (Lipinski definition) is 3. The lowest BCUT2D eigenvalue weighted by Gasteiger charge is -2.23. The maximum atomic E-state index is 11.2. The Hall–Kier alpha value is -0.610. The van der Waals surface area contributed by atoms with Gasteiger partial charge >= 0.3 is 0 Å². The molecule has 0 aromatic carbocycles. The molecule has 0 bridgehead atoms. The van der Waals surface area contributed by atoms with Gasteiger partial charge in [0.05, 0.1) is 13.2 Å². The van der Waals surface area contributed by atoms with E-state index < -0.39 is 0 Å². The quantitative estimate of drug-likeness (QED) is 0.608. The number of amides is 1. The summed E-state index contributed by atoms with van der Waals surface area (Å²) >= 11 is 0. The summed E-state index contributed by atoms with van der Waals surface area (Å²) in [4.78, 5) is 13.3. The third kappa shape index (κ3) is 5.60. The van der Waals surface area contributed by atoms with Crippen molar-refractivity contribution in [1.29, 1.82) is 0 Å². The average molecular weight is 188 g/mol. The van der Waals surface area contributed by atoms with Crippen LogP contribution in [0, 0.1) is 0 Å². The van der Waals surface area contributed by atoms with Crippen LogP contribution in [0.5, 0.6) is 0 Å². The number of carbonyl (C=O) groups excluding carboxylic acids is 1. The maximum Gasteiger partial charge on any atom is 0.234 e. The molecule has 0 spiro atoms. The van der Waals surface area contributed by atoms with Crippen LogP contribution in [0.25, 0.3) is 0 Å². The zero-order valence-corrected chi connectivity index (χ0v) is 8.71. The van der Waals surface area contributed by atoms with E-state index in [9.17, 15) is 4.79 Å². The Morgan fingerprint density at radius 1 is 1.54 bits per heavy atom. The number of rotatable bonds is 6. The molecule has 0 rings (SSSR count). The van der Waals surface area contributed by atoms with Crippen molar-refractivity contribution < 1.29 is 9.90 Å². The minimum absolute atomic E-state index is 0.000453. The Labute approximate surface area is 79.9 Å². The van der Waals surface area contributed by atoms with Crippen molar-refractivity contribution in [2.24, 2.45) is 0 Å². The normalized spacial score (nSPS) is 10.9. The standard InChI is InChI=1S/C9H20N2O2/c1-4-11(8(2)3)7-9(13)10-5-6-12/h8,12H,4-7H2,1-3H3,(H,10,13). The van der Waals surface area contributed by atoms with Crippen molar-refractivity contribution in [3.63, 3.8) is 0 Å². The molecule has 0 unspecified atom stereocenters. The molecule has 2 N–H and O–H groups in total. The van der Waals surface area contributed by atoms with E-state index in [1.807, 2.05) is 6.92 Å². The third-order valence-electron chi connectivity index (χ3n) is 1.92. The predicted molar refractivity (Wildman–Crippen MR) is 52.5 cm³/mol. The van der Waals surface area contributed by atoms with Gasteiger partial charge in [0.15, 0.2) is 0 Å². The molecule has 0 aromatic rings. The van der Waals surface area contributed by atoms with Crippen LogP contribution in [0.4, 0.5) is 0 Å². The Balaban J connectivity index is 3.73. The topological polar surface area (TPSA) is 52.6 Å². The first-order chi connectivity index (χ1) is 6.11. The summed E-state index contributed by atoms with van der Waals surface area (Å²) in [5, 5.41) is 11.1. The predicted octanol–water partition coefficient (Wildman–Crippen LogP) is -0.175. The number of carbonyl (C=O) groups is 1. The molecule has 0 saturated heterocycles. The number of nitrogens with one attached hydrogen (secondary N) is 1. The van der Waals surface area contributed by atoms with Crippen molar-refractivity contribution in [3.8, 4) is 0 Å². The summed E-state index contributed by atoms with van der Waals surface area (Å²) in [5.41, 5.74) is 0. The highest BCUT2D eigenvalue weighted by Crippen LogP contribution is 1.95. The summed E-state index contributed by atoms with van der Waals surface area (Å²) in [6.07, 6.45) is 0. The highest BCUT2D eigenvalue weighted by Gasteiger charge is 2.10. The first-order valence-corrected chi connectivity index (χ1v) is 4.73. The number of nitrogens with zero attached hydrogens (tertiary/aromatic N) is 1. The monoisotopic (exact) mass is 188 g/mol. The number of aliphatic hydroxyl groups is 1. The van der Waals surface area contributed by atoms with Crippen LogP contribution in [0.2, 0.25) is 0 Å². The average Bonchev–Trinajstić information content (AvgIpc) is 2.10. The lowest BCUT2D eigenvalue weighted by atomic mass is 10.3. The lowest BCUT2D eigenvalue weighted by molar-refractivity contribution is -0.122. The van der Waals surface area contributed by atoms with Gasteiger partial charge in [-0.15, -0.1) is 0 Å². The first kappa shape index (κ1) is 12.4. The Morgan fingerprint density at radius 3 is 2.54 bits per heavy atom. The highest BCUT2D eigenvalue weighted by atomic mass is 16.3. The fraction of sp³-hybridized carbons (Fsp3) is 0.889. The van der Waals surface area contributed by atoms with E-state index in [2.05, 4.69) is 24.1 Å². The van der Waals surface area contributed by atoms with Gasteiger partial charge in [0.1, 0.15) is 0 Å². The lowest BCUT2D eigenvalue weighted by Crippen LogP contribution is -2.41. The molecule has 0 fully saturated rings. The third-order valence-corrected chi connectivity index (χ3v) is 1.92. The minimum Gasteiger partial charge on any atom is -0.395 e. The molecule has 0 radical (unpaired) electrons. The van der Waals surface area contributed by atoms with Gasteiger partial charge < -0.3 is 10.4 Å². The van der Waals surface area contributed by atoms with Gasteiger partial charge in [-0.3, -0.25) is 9.69 Å². The molecule has 13 heavy (non-hydrogen) atoms. The van der Waals surface area contributed by atoms with Gasteiger partial charge in [-0.25, -0.2) is 0 Å². The fourth-order valence-corrected chi connectivity index (χ4v) is 1.10.